The number of aliphatic hydroxyl groups excluding tert-OH is 2. The highest BCUT2D eigenvalue weighted by molar-refractivity contribution is 5.36. The predicted octanol–water partition coefficient (Wildman–Crippen LogP) is 3.99. The van der Waals surface area contributed by atoms with Crippen molar-refractivity contribution in [1.82, 2.24) is 5.32 Å². The lowest BCUT2D eigenvalue weighted by atomic mass is 9.80. The quantitative estimate of drug-likeness (QED) is 0.179. The van der Waals surface area contributed by atoms with Crippen LogP contribution in [0.3, 0.4) is 0 Å². The highest BCUT2D eigenvalue weighted by Gasteiger charge is 2.48. The lowest BCUT2D eigenvalue weighted by Crippen LogP contribution is -2.64. The van der Waals surface area contributed by atoms with Gasteiger partial charge in [0.25, 0.3) is 0 Å². The van der Waals surface area contributed by atoms with Crippen LogP contribution in [-0.2, 0) is 16.9 Å². The van der Waals surface area contributed by atoms with Crippen LogP contribution in [-0.4, -0.2) is 76.9 Å². The zero-order valence-corrected chi connectivity index (χ0v) is 23.9. The molecule has 7 heteroatoms. The first-order valence-electron chi connectivity index (χ1n) is 15.5. The second kappa shape index (κ2) is 13.3. The smallest absolute Gasteiger partial charge is 0.121 e. The number of aromatic hydroxyl groups is 1. The Hall–Kier alpha value is -2.00. The van der Waals surface area contributed by atoms with Crippen LogP contribution in [0.25, 0.3) is 0 Å². The Balaban J connectivity index is 1.08. The topological polar surface area (TPSA) is 102 Å². The molecule has 4 aliphatic rings. The number of hydrogen-bond donors (Lipinski definition) is 5. The minimum Gasteiger partial charge on any atom is -0.508 e. The van der Waals surface area contributed by atoms with Crippen molar-refractivity contribution in [2.75, 3.05) is 45.9 Å². The SMILES string of the molecule is OCc1cc([C@@H](O)CNCCCC[N+]23CCC(CC2)[C@@H](OC[C@@](O)(c2ccccc2)C2CCCC2)C3)ccc1O. The largest absolute Gasteiger partial charge is 0.508 e. The van der Waals surface area contributed by atoms with Gasteiger partial charge in [0.05, 0.1) is 39.0 Å². The lowest BCUT2D eigenvalue weighted by Gasteiger charge is -2.53. The number of benzene rings is 2. The molecule has 5 N–H and O–H groups in total. The van der Waals surface area contributed by atoms with Crippen molar-refractivity contribution in [3.05, 3.63) is 65.2 Å². The fourth-order valence-electron chi connectivity index (χ4n) is 7.52. The molecule has 1 saturated carbocycles. The summed E-state index contributed by atoms with van der Waals surface area (Å²) in [5.41, 5.74) is 1.23. The van der Waals surface area contributed by atoms with Gasteiger partial charge >= 0.3 is 0 Å². The van der Waals surface area contributed by atoms with Crippen LogP contribution < -0.4 is 5.32 Å². The van der Waals surface area contributed by atoms with E-state index in [0.717, 1.165) is 55.4 Å². The van der Waals surface area contributed by atoms with Crippen LogP contribution in [0, 0.1) is 11.8 Å². The Bertz CT molecular complexity index is 1070. The summed E-state index contributed by atoms with van der Waals surface area (Å²) in [7, 11) is 0. The predicted molar refractivity (Wildman–Crippen MR) is 156 cm³/mol. The van der Waals surface area contributed by atoms with Gasteiger partial charge in [0.2, 0.25) is 0 Å². The van der Waals surface area contributed by atoms with Gasteiger partial charge in [-0.15, -0.1) is 0 Å². The number of rotatable bonds is 14. The van der Waals surface area contributed by atoms with Crippen molar-refractivity contribution >= 4 is 0 Å². The molecule has 0 aromatic heterocycles. The van der Waals surface area contributed by atoms with Gasteiger partial charge in [-0.2, -0.15) is 0 Å². The molecule has 40 heavy (non-hydrogen) atoms. The number of fused-ring (bicyclic) bond motifs is 3. The highest BCUT2D eigenvalue weighted by Crippen LogP contribution is 2.42. The summed E-state index contributed by atoms with van der Waals surface area (Å²) in [5.74, 6) is 0.933. The third-order valence-corrected chi connectivity index (χ3v) is 10.1. The standard InChI is InChI=1S/C33H48N2O5/c36-23-27-20-26(12-13-30(27)37)31(38)21-34-16-6-7-17-35-18-14-25(15-19-35)32(22-35)40-24-33(39,29-10-4-5-11-29)28-8-2-1-3-9-28/h1-3,8-9,12-13,20,25,29,31-32,34,36,38-39H,4-7,10-11,14-19,21-24H2/p+1/t25?,31-,32-,33+,35?/m0/s1. The number of hydrogen-bond acceptors (Lipinski definition) is 6. The van der Waals surface area contributed by atoms with Crippen LogP contribution in [0.4, 0.5) is 0 Å². The zero-order valence-electron chi connectivity index (χ0n) is 23.9. The van der Waals surface area contributed by atoms with E-state index >= 15 is 0 Å². The molecule has 3 aliphatic heterocycles. The van der Waals surface area contributed by atoms with Gasteiger partial charge in [0.15, 0.2) is 0 Å². The number of nitrogens with one attached hydrogen (secondary N) is 1. The molecule has 0 unspecified atom stereocenters. The minimum absolute atomic E-state index is 0.0500. The van der Waals surface area contributed by atoms with Crippen LogP contribution in [0.15, 0.2) is 48.5 Å². The van der Waals surface area contributed by atoms with E-state index in [2.05, 4.69) is 17.4 Å². The third-order valence-electron chi connectivity index (χ3n) is 10.1. The summed E-state index contributed by atoms with van der Waals surface area (Å²) >= 11 is 0. The van der Waals surface area contributed by atoms with Gasteiger partial charge in [0.1, 0.15) is 24.0 Å². The molecule has 0 radical (unpaired) electrons. The summed E-state index contributed by atoms with van der Waals surface area (Å²) in [5, 5.41) is 44.9. The van der Waals surface area contributed by atoms with Gasteiger partial charge < -0.3 is 35.0 Å². The van der Waals surface area contributed by atoms with Crippen LogP contribution >= 0.6 is 0 Å². The maximum atomic E-state index is 11.9. The van der Waals surface area contributed by atoms with Crippen molar-refractivity contribution in [3.8, 4) is 5.75 Å². The summed E-state index contributed by atoms with van der Waals surface area (Å²) in [4.78, 5) is 0. The molecule has 3 heterocycles. The molecule has 4 fully saturated rings. The van der Waals surface area contributed by atoms with Crippen LogP contribution in [0.1, 0.15) is 74.2 Å². The van der Waals surface area contributed by atoms with Gasteiger partial charge in [0, 0.05) is 30.9 Å². The number of aliphatic hydroxyl groups is 3. The highest BCUT2D eigenvalue weighted by atomic mass is 16.5. The molecule has 2 aromatic carbocycles. The Morgan fingerprint density at radius 3 is 2.48 bits per heavy atom. The first-order chi connectivity index (χ1) is 19.4. The van der Waals surface area contributed by atoms with Crippen LogP contribution in [0.5, 0.6) is 5.75 Å². The Morgan fingerprint density at radius 2 is 1.75 bits per heavy atom. The van der Waals surface area contributed by atoms with E-state index in [1.807, 2.05) is 18.2 Å². The molecular formula is C33H49N2O5+. The summed E-state index contributed by atoms with van der Waals surface area (Å²) in [6.07, 6.45) is 8.70. The Labute approximate surface area is 239 Å². The average molecular weight is 554 g/mol. The molecule has 6 rings (SSSR count). The Morgan fingerprint density at radius 1 is 1.00 bits per heavy atom. The van der Waals surface area contributed by atoms with Gasteiger partial charge in [-0.1, -0.05) is 49.2 Å². The summed E-state index contributed by atoms with van der Waals surface area (Å²) in [6, 6.07) is 15.1. The van der Waals surface area contributed by atoms with E-state index in [1.165, 1.54) is 44.8 Å². The average Bonchev–Trinajstić information content (AvgIpc) is 3.55. The Kier molecular flexibility index (Phi) is 9.82. The molecule has 2 bridgehead atoms. The van der Waals surface area contributed by atoms with Gasteiger partial charge in [-0.05, 0) is 61.4 Å². The van der Waals surface area contributed by atoms with E-state index in [1.54, 1.807) is 12.1 Å². The van der Waals surface area contributed by atoms with E-state index in [9.17, 15) is 20.4 Å². The number of piperidine rings is 3. The molecule has 0 amide bonds. The van der Waals surface area contributed by atoms with Gasteiger partial charge in [-0.3, -0.25) is 0 Å². The fraction of sp³-hybridized carbons (Fsp3) is 0.636. The molecule has 7 nitrogen and oxygen atoms in total. The minimum atomic E-state index is -0.898. The monoisotopic (exact) mass is 553 g/mol. The second-order valence-corrected chi connectivity index (χ2v) is 12.6. The first-order valence-corrected chi connectivity index (χ1v) is 15.5. The summed E-state index contributed by atoms with van der Waals surface area (Å²) < 4.78 is 7.81. The first kappa shape index (κ1) is 29.5. The number of unbranched alkanes of at least 4 members (excludes halogenated alkanes) is 1. The molecule has 3 atom stereocenters. The van der Waals surface area contributed by atoms with E-state index in [4.69, 9.17) is 4.74 Å². The molecule has 0 spiro atoms. The van der Waals surface area contributed by atoms with Crippen molar-refractivity contribution in [2.24, 2.45) is 11.8 Å². The maximum Gasteiger partial charge on any atom is 0.121 e. The maximum absolute atomic E-state index is 11.9. The molecule has 1 aliphatic carbocycles. The van der Waals surface area contributed by atoms with E-state index < -0.39 is 11.7 Å². The summed E-state index contributed by atoms with van der Waals surface area (Å²) in [6.45, 7) is 6.11. The molecule has 220 valence electrons. The normalized spacial score (nSPS) is 27.1. The van der Waals surface area contributed by atoms with Crippen molar-refractivity contribution in [1.29, 1.82) is 0 Å². The van der Waals surface area contributed by atoms with Crippen molar-refractivity contribution in [3.63, 3.8) is 0 Å². The zero-order chi connectivity index (χ0) is 28.0. The number of nitrogens with zero attached hydrogens (tertiary/aromatic N) is 1. The third kappa shape index (κ3) is 6.72. The van der Waals surface area contributed by atoms with Crippen molar-refractivity contribution < 1.29 is 29.6 Å². The molecular weight excluding hydrogens is 504 g/mol. The van der Waals surface area contributed by atoms with Crippen LogP contribution in [0.2, 0.25) is 0 Å². The van der Waals surface area contributed by atoms with Crippen molar-refractivity contribution in [2.45, 2.75) is 75.8 Å². The molecule has 3 saturated heterocycles. The lowest BCUT2D eigenvalue weighted by molar-refractivity contribution is -0.946. The fourth-order valence-corrected chi connectivity index (χ4v) is 7.52. The number of ether oxygens (including phenoxy) is 1. The number of quaternary nitrogens is 1. The van der Waals surface area contributed by atoms with E-state index in [0.29, 0.717) is 30.2 Å². The van der Waals surface area contributed by atoms with E-state index in [-0.39, 0.29) is 24.4 Å². The number of phenols is 1. The van der Waals surface area contributed by atoms with Gasteiger partial charge in [-0.25, -0.2) is 0 Å². The second-order valence-electron chi connectivity index (χ2n) is 12.6. The molecule has 2 aromatic rings.